The lowest BCUT2D eigenvalue weighted by molar-refractivity contribution is 0.272. The van der Waals surface area contributed by atoms with Crippen LogP contribution in [0.3, 0.4) is 0 Å². The quantitative estimate of drug-likeness (QED) is 0.657. The van der Waals surface area contributed by atoms with Crippen molar-refractivity contribution in [3.05, 3.63) is 58.9 Å². The molecule has 4 rings (SSSR count). The summed E-state index contributed by atoms with van der Waals surface area (Å²) in [5, 5.41) is 0. The Morgan fingerprint density at radius 1 is 0.957 bits per heavy atom. The summed E-state index contributed by atoms with van der Waals surface area (Å²) in [7, 11) is 0. The number of aryl methyl sites for hydroxylation is 1. The maximum absolute atomic E-state index is 5.85. The van der Waals surface area contributed by atoms with Gasteiger partial charge >= 0.3 is 0 Å². The highest BCUT2D eigenvalue weighted by molar-refractivity contribution is 7.71. The smallest absolute Gasteiger partial charge is 0.186 e. The van der Waals surface area contributed by atoms with Crippen molar-refractivity contribution in [2.24, 2.45) is 0 Å². The lowest BCUT2D eigenvalue weighted by Gasteiger charge is -2.16. The molecule has 118 valence electrons. The van der Waals surface area contributed by atoms with Crippen LogP contribution in [0.2, 0.25) is 0 Å². The van der Waals surface area contributed by atoms with Crippen LogP contribution in [0.15, 0.2) is 48.5 Å². The van der Waals surface area contributed by atoms with Gasteiger partial charge < -0.3 is 4.57 Å². The first-order valence-electron chi connectivity index (χ1n) is 8.24. The van der Waals surface area contributed by atoms with Gasteiger partial charge in [-0.2, -0.15) is 0 Å². The average Bonchev–Trinajstić information content (AvgIpc) is 3.15. The Morgan fingerprint density at radius 3 is 2.43 bits per heavy atom. The lowest BCUT2D eigenvalue weighted by atomic mass is 10.2. The Bertz CT molecular complexity index is 900. The van der Waals surface area contributed by atoms with Gasteiger partial charge in [-0.3, -0.25) is 9.47 Å². The summed E-state index contributed by atoms with van der Waals surface area (Å²) in [6.07, 6.45) is 2.59. The third-order valence-electron chi connectivity index (χ3n) is 4.64. The monoisotopic (exact) mass is 323 g/mol. The van der Waals surface area contributed by atoms with E-state index in [0.29, 0.717) is 0 Å². The molecule has 1 saturated heterocycles. The molecule has 1 fully saturated rings. The molecule has 0 atom stereocenters. The number of hydrogen-bond acceptors (Lipinski definition) is 2. The SMILES string of the molecule is Cc1cccc(-n2c(=S)n(CN3CCCC3)c3ccccc32)c1. The summed E-state index contributed by atoms with van der Waals surface area (Å²) in [6, 6.07) is 17.1. The van der Waals surface area contributed by atoms with Crippen LogP contribution in [-0.4, -0.2) is 27.1 Å². The van der Waals surface area contributed by atoms with E-state index in [9.17, 15) is 0 Å². The fourth-order valence-electron chi connectivity index (χ4n) is 3.49. The van der Waals surface area contributed by atoms with E-state index in [2.05, 4.69) is 69.5 Å². The first-order chi connectivity index (χ1) is 11.2. The Morgan fingerprint density at radius 2 is 1.70 bits per heavy atom. The van der Waals surface area contributed by atoms with E-state index < -0.39 is 0 Å². The van der Waals surface area contributed by atoms with Crippen molar-refractivity contribution in [2.45, 2.75) is 26.4 Å². The van der Waals surface area contributed by atoms with Gasteiger partial charge in [-0.25, -0.2) is 0 Å². The normalized spacial score (nSPS) is 15.5. The summed E-state index contributed by atoms with van der Waals surface area (Å²) in [4.78, 5) is 2.49. The number of likely N-dealkylation sites (tertiary alicyclic amines) is 1. The van der Waals surface area contributed by atoms with E-state index >= 15 is 0 Å². The minimum atomic E-state index is 0.878. The summed E-state index contributed by atoms with van der Waals surface area (Å²) in [5.41, 5.74) is 4.79. The van der Waals surface area contributed by atoms with Crippen molar-refractivity contribution in [2.75, 3.05) is 13.1 Å². The van der Waals surface area contributed by atoms with E-state index in [4.69, 9.17) is 12.2 Å². The van der Waals surface area contributed by atoms with Crippen LogP contribution in [-0.2, 0) is 6.67 Å². The van der Waals surface area contributed by atoms with Crippen LogP contribution in [0.25, 0.3) is 16.7 Å². The van der Waals surface area contributed by atoms with Crippen LogP contribution in [0.4, 0.5) is 0 Å². The molecule has 0 radical (unpaired) electrons. The number of imidazole rings is 1. The van der Waals surface area contributed by atoms with Gasteiger partial charge in [-0.05, 0) is 74.9 Å². The standard InChI is InChI=1S/C19H21N3S/c1-15-7-6-8-16(13-15)22-18-10-3-2-9-17(18)21(19(22)23)14-20-11-4-5-12-20/h2-3,6-10,13H,4-5,11-12,14H2,1H3. The molecule has 0 amide bonds. The molecule has 1 aliphatic rings. The molecule has 0 aliphatic carbocycles. The highest BCUT2D eigenvalue weighted by Crippen LogP contribution is 2.24. The maximum atomic E-state index is 5.85. The number of para-hydroxylation sites is 2. The number of rotatable bonds is 3. The second-order valence-corrected chi connectivity index (χ2v) is 6.71. The molecule has 0 bridgehead atoms. The van der Waals surface area contributed by atoms with Gasteiger partial charge in [0.05, 0.1) is 17.7 Å². The van der Waals surface area contributed by atoms with Crippen LogP contribution in [0, 0.1) is 11.7 Å². The zero-order valence-electron chi connectivity index (χ0n) is 13.4. The maximum Gasteiger partial charge on any atom is 0.186 e. The molecule has 3 nitrogen and oxygen atoms in total. The number of nitrogens with zero attached hydrogens (tertiary/aromatic N) is 3. The van der Waals surface area contributed by atoms with E-state index in [1.165, 1.54) is 42.5 Å². The van der Waals surface area contributed by atoms with Crippen molar-refractivity contribution in [3.63, 3.8) is 0 Å². The van der Waals surface area contributed by atoms with Crippen LogP contribution < -0.4 is 0 Å². The first-order valence-corrected chi connectivity index (χ1v) is 8.64. The lowest BCUT2D eigenvalue weighted by Crippen LogP contribution is -2.23. The summed E-state index contributed by atoms with van der Waals surface area (Å²) in [5.74, 6) is 0. The highest BCUT2D eigenvalue weighted by Gasteiger charge is 2.16. The molecular formula is C19H21N3S. The predicted octanol–water partition coefficient (Wildman–Crippen LogP) is 4.52. The van der Waals surface area contributed by atoms with Gasteiger partial charge in [0.25, 0.3) is 0 Å². The van der Waals surface area contributed by atoms with E-state index in [1.807, 2.05) is 0 Å². The minimum Gasteiger partial charge on any atom is -0.303 e. The molecule has 1 aliphatic heterocycles. The number of benzene rings is 2. The van der Waals surface area contributed by atoms with Crippen molar-refractivity contribution in [1.82, 2.24) is 14.0 Å². The van der Waals surface area contributed by atoms with Gasteiger partial charge in [0.2, 0.25) is 0 Å². The first kappa shape index (κ1) is 14.7. The number of hydrogen-bond donors (Lipinski definition) is 0. The number of aromatic nitrogens is 2. The van der Waals surface area contributed by atoms with Gasteiger partial charge in [-0.15, -0.1) is 0 Å². The molecule has 2 heterocycles. The largest absolute Gasteiger partial charge is 0.303 e. The fraction of sp³-hybridized carbons (Fsp3) is 0.316. The Kier molecular flexibility index (Phi) is 3.79. The van der Waals surface area contributed by atoms with Gasteiger partial charge in [0, 0.05) is 5.69 Å². The zero-order chi connectivity index (χ0) is 15.8. The Hall–Kier alpha value is -1.91. The third kappa shape index (κ3) is 2.62. The van der Waals surface area contributed by atoms with Crippen molar-refractivity contribution < 1.29 is 0 Å². The van der Waals surface area contributed by atoms with Crippen molar-refractivity contribution in [1.29, 1.82) is 0 Å². The van der Waals surface area contributed by atoms with E-state index in [0.717, 1.165) is 17.1 Å². The van der Waals surface area contributed by atoms with Gasteiger partial charge in [-0.1, -0.05) is 24.3 Å². The summed E-state index contributed by atoms with van der Waals surface area (Å²) in [6.45, 7) is 5.35. The second-order valence-electron chi connectivity index (χ2n) is 6.34. The average molecular weight is 323 g/mol. The molecule has 0 saturated carbocycles. The zero-order valence-corrected chi connectivity index (χ0v) is 14.2. The van der Waals surface area contributed by atoms with E-state index in [-0.39, 0.29) is 0 Å². The topological polar surface area (TPSA) is 13.1 Å². The molecular weight excluding hydrogens is 302 g/mol. The molecule has 0 N–H and O–H groups in total. The minimum absolute atomic E-state index is 0.878. The molecule has 1 aromatic heterocycles. The summed E-state index contributed by atoms with van der Waals surface area (Å²) >= 11 is 5.85. The van der Waals surface area contributed by atoms with Crippen LogP contribution in [0.1, 0.15) is 18.4 Å². The van der Waals surface area contributed by atoms with Crippen LogP contribution >= 0.6 is 12.2 Å². The molecule has 23 heavy (non-hydrogen) atoms. The van der Waals surface area contributed by atoms with E-state index in [1.54, 1.807) is 0 Å². The number of fused-ring (bicyclic) bond motifs is 1. The summed E-state index contributed by atoms with van der Waals surface area (Å²) < 4.78 is 5.36. The molecule has 3 aromatic rings. The predicted molar refractivity (Wildman–Crippen MR) is 97.6 cm³/mol. The van der Waals surface area contributed by atoms with Gasteiger partial charge in [0.1, 0.15) is 0 Å². The second kappa shape index (κ2) is 5.95. The Balaban J connectivity index is 1.91. The van der Waals surface area contributed by atoms with Crippen LogP contribution in [0.5, 0.6) is 0 Å². The molecule has 4 heteroatoms. The third-order valence-corrected chi connectivity index (χ3v) is 5.04. The van der Waals surface area contributed by atoms with Crippen molar-refractivity contribution >= 4 is 23.3 Å². The molecule has 0 unspecified atom stereocenters. The Labute approximate surface area is 141 Å². The van der Waals surface area contributed by atoms with Crippen molar-refractivity contribution in [3.8, 4) is 5.69 Å². The molecule has 0 spiro atoms. The van der Waals surface area contributed by atoms with Gasteiger partial charge in [0.15, 0.2) is 4.77 Å². The highest BCUT2D eigenvalue weighted by atomic mass is 32.1. The molecule has 2 aromatic carbocycles. The fourth-order valence-corrected chi connectivity index (χ4v) is 3.85.